The van der Waals surface area contributed by atoms with Crippen LogP contribution in [0.4, 0.5) is 0 Å². The van der Waals surface area contributed by atoms with Gasteiger partial charge in [0.1, 0.15) is 0 Å². The Morgan fingerprint density at radius 3 is 2.42 bits per heavy atom. The van der Waals surface area contributed by atoms with Crippen LogP contribution in [0.3, 0.4) is 0 Å². The molecular weight excluding hydrogens is 236 g/mol. The van der Waals surface area contributed by atoms with Crippen LogP contribution >= 0.6 is 0 Å². The summed E-state index contributed by atoms with van der Waals surface area (Å²) in [4.78, 5) is 12.4. The van der Waals surface area contributed by atoms with E-state index in [9.17, 15) is 4.79 Å². The molecule has 0 saturated carbocycles. The second-order valence-corrected chi connectivity index (χ2v) is 5.20. The third kappa shape index (κ3) is 3.12. The van der Waals surface area contributed by atoms with E-state index in [0.717, 1.165) is 5.56 Å². The van der Waals surface area contributed by atoms with Crippen LogP contribution in [0.2, 0.25) is 0 Å². The van der Waals surface area contributed by atoms with Gasteiger partial charge < -0.3 is 10.3 Å². The molecule has 1 heterocycles. The number of benzene rings is 1. The zero-order valence-corrected chi connectivity index (χ0v) is 11.4. The van der Waals surface area contributed by atoms with Crippen molar-refractivity contribution in [2.45, 2.75) is 26.4 Å². The van der Waals surface area contributed by atoms with E-state index in [0.29, 0.717) is 18.0 Å². The first kappa shape index (κ1) is 13.6. The first-order valence-electron chi connectivity index (χ1n) is 6.59. The SMILES string of the molecule is CC(C)Cn1cccc(C(N)c2ccccc2)c1=O. The van der Waals surface area contributed by atoms with Crippen molar-refractivity contribution in [1.82, 2.24) is 4.57 Å². The Balaban J connectivity index is 2.38. The quantitative estimate of drug-likeness (QED) is 0.914. The van der Waals surface area contributed by atoms with E-state index in [1.807, 2.05) is 48.7 Å². The largest absolute Gasteiger partial charge is 0.320 e. The van der Waals surface area contributed by atoms with Gasteiger partial charge in [-0.3, -0.25) is 4.79 Å². The summed E-state index contributed by atoms with van der Waals surface area (Å²) in [5.74, 6) is 0.431. The number of nitrogens with zero attached hydrogens (tertiary/aromatic N) is 1. The van der Waals surface area contributed by atoms with Crippen LogP contribution in [0.25, 0.3) is 0 Å². The van der Waals surface area contributed by atoms with E-state index in [2.05, 4.69) is 13.8 Å². The minimum absolute atomic E-state index is 0.00699. The molecule has 0 aliphatic heterocycles. The number of aromatic nitrogens is 1. The fraction of sp³-hybridized carbons (Fsp3) is 0.312. The van der Waals surface area contributed by atoms with Crippen LogP contribution in [0, 0.1) is 5.92 Å². The fourth-order valence-electron chi connectivity index (χ4n) is 2.17. The standard InChI is InChI=1S/C16H20N2O/c1-12(2)11-18-10-6-9-14(16(18)19)15(17)13-7-4-3-5-8-13/h3-10,12,15H,11,17H2,1-2H3. The number of pyridine rings is 1. The van der Waals surface area contributed by atoms with Crippen molar-refractivity contribution in [2.75, 3.05) is 0 Å². The summed E-state index contributed by atoms with van der Waals surface area (Å²) < 4.78 is 1.74. The van der Waals surface area contributed by atoms with Gasteiger partial charge in [0.25, 0.3) is 5.56 Å². The van der Waals surface area contributed by atoms with Crippen molar-refractivity contribution in [3.8, 4) is 0 Å². The molecule has 1 unspecified atom stereocenters. The molecule has 0 aliphatic carbocycles. The molecule has 0 spiro atoms. The summed E-state index contributed by atoms with van der Waals surface area (Å²) in [5, 5.41) is 0. The molecule has 0 saturated heterocycles. The summed E-state index contributed by atoms with van der Waals surface area (Å²) >= 11 is 0. The Hall–Kier alpha value is -1.87. The topological polar surface area (TPSA) is 48.0 Å². The minimum atomic E-state index is -0.367. The van der Waals surface area contributed by atoms with Gasteiger partial charge in [-0.15, -0.1) is 0 Å². The van der Waals surface area contributed by atoms with Crippen LogP contribution in [0.1, 0.15) is 31.0 Å². The van der Waals surface area contributed by atoms with E-state index in [1.165, 1.54) is 0 Å². The molecular formula is C16H20N2O. The molecule has 100 valence electrons. The second-order valence-electron chi connectivity index (χ2n) is 5.20. The summed E-state index contributed by atoms with van der Waals surface area (Å²) in [7, 11) is 0. The molecule has 2 N–H and O–H groups in total. The molecule has 0 fully saturated rings. The average molecular weight is 256 g/mol. The highest BCUT2D eigenvalue weighted by Gasteiger charge is 2.13. The normalized spacial score (nSPS) is 12.6. The lowest BCUT2D eigenvalue weighted by atomic mass is 10.0. The molecule has 0 aliphatic rings. The predicted octanol–water partition coefficient (Wildman–Crippen LogP) is 2.55. The average Bonchev–Trinajstić information content (AvgIpc) is 2.41. The lowest BCUT2D eigenvalue weighted by Crippen LogP contribution is -2.29. The van der Waals surface area contributed by atoms with Gasteiger partial charge in [-0.2, -0.15) is 0 Å². The van der Waals surface area contributed by atoms with Crippen molar-refractivity contribution in [3.63, 3.8) is 0 Å². The third-order valence-corrected chi connectivity index (χ3v) is 3.11. The molecule has 2 rings (SSSR count). The zero-order valence-electron chi connectivity index (χ0n) is 11.4. The van der Waals surface area contributed by atoms with Gasteiger partial charge in [0.2, 0.25) is 0 Å². The van der Waals surface area contributed by atoms with Crippen LogP contribution in [-0.2, 0) is 6.54 Å². The van der Waals surface area contributed by atoms with E-state index in [4.69, 9.17) is 5.73 Å². The Morgan fingerprint density at radius 2 is 1.79 bits per heavy atom. The van der Waals surface area contributed by atoms with Gasteiger partial charge in [0.15, 0.2) is 0 Å². The summed E-state index contributed by atoms with van der Waals surface area (Å²) in [5.41, 5.74) is 7.82. The third-order valence-electron chi connectivity index (χ3n) is 3.11. The van der Waals surface area contributed by atoms with E-state index in [1.54, 1.807) is 4.57 Å². The predicted molar refractivity (Wildman–Crippen MR) is 78.0 cm³/mol. The lowest BCUT2D eigenvalue weighted by Gasteiger charge is -2.15. The Kier molecular flexibility index (Phi) is 4.17. The molecule has 1 atom stereocenters. The maximum atomic E-state index is 12.4. The lowest BCUT2D eigenvalue weighted by molar-refractivity contribution is 0.507. The molecule has 3 nitrogen and oxygen atoms in total. The summed E-state index contributed by atoms with van der Waals surface area (Å²) in [6.07, 6.45) is 1.82. The first-order valence-corrected chi connectivity index (χ1v) is 6.59. The molecule has 1 aromatic heterocycles. The van der Waals surface area contributed by atoms with Crippen LogP contribution in [-0.4, -0.2) is 4.57 Å². The molecule has 2 aromatic rings. The second kappa shape index (κ2) is 5.85. The summed E-state index contributed by atoms with van der Waals surface area (Å²) in [6, 6.07) is 13.0. The van der Waals surface area contributed by atoms with Crippen molar-refractivity contribution in [1.29, 1.82) is 0 Å². The number of hydrogen-bond donors (Lipinski definition) is 1. The first-order chi connectivity index (χ1) is 9.09. The van der Waals surface area contributed by atoms with Gasteiger partial charge >= 0.3 is 0 Å². The van der Waals surface area contributed by atoms with Crippen LogP contribution in [0.15, 0.2) is 53.5 Å². The Labute approximate surface area is 113 Å². The van der Waals surface area contributed by atoms with Gasteiger partial charge in [-0.05, 0) is 17.5 Å². The smallest absolute Gasteiger partial charge is 0.255 e. The number of rotatable bonds is 4. The highest BCUT2D eigenvalue weighted by Crippen LogP contribution is 2.15. The van der Waals surface area contributed by atoms with Gasteiger partial charge in [-0.25, -0.2) is 0 Å². The van der Waals surface area contributed by atoms with Crippen molar-refractivity contribution < 1.29 is 0 Å². The van der Waals surface area contributed by atoms with Gasteiger partial charge in [0, 0.05) is 18.3 Å². The Morgan fingerprint density at radius 1 is 1.11 bits per heavy atom. The zero-order chi connectivity index (χ0) is 13.8. The fourth-order valence-corrected chi connectivity index (χ4v) is 2.17. The molecule has 0 bridgehead atoms. The molecule has 3 heteroatoms. The number of nitrogens with two attached hydrogens (primary N) is 1. The van der Waals surface area contributed by atoms with Crippen LogP contribution < -0.4 is 11.3 Å². The van der Waals surface area contributed by atoms with Crippen LogP contribution in [0.5, 0.6) is 0 Å². The van der Waals surface area contributed by atoms with Gasteiger partial charge in [0.05, 0.1) is 6.04 Å². The van der Waals surface area contributed by atoms with Crippen molar-refractivity contribution in [3.05, 3.63) is 70.1 Å². The van der Waals surface area contributed by atoms with E-state index in [-0.39, 0.29) is 11.6 Å². The van der Waals surface area contributed by atoms with Gasteiger partial charge in [-0.1, -0.05) is 50.2 Å². The molecule has 0 amide bonds. The molecule has 1 aromatic carbocycles. The Bertz CT molecular complexity index is 587. The van der Waals surface area contributed by atoms with Crippen molar-refractivity contribution in [2.24, 2.45) is 11.7 Å². The molecule has 0 radical (unpaired) electrons. The maximum absolute atomic E-state index is 12.4. The minimum Gasteiger partial charge on any atom is -0.320 e. The van der Waals surface area contributed by atoms with Crippen molar-refractivity contribution >= 4 is 0 Å². The summed E-state index contributed by atoms with van der Waals surface area (Å²) in [6.45, 7) is 4.90. The highest BCUT2D eigenvalue weighted by molar-refractivity contribution is 5.29. The molecule has 19 heavy (non-hydrogen) atoms. The monoisotopic (exact) mass is 256 g/mol. The maximum Gasteiger partial charge on any atom is 0.255 e. The number of hydrogen-bond acceptors (Lipinski definition) is 2. The highest BCUT2D eigenvalue weighted by atomic mass is 16.1. The van der Waals surface area contributed by atoms with E-state index >= 15 is 0 Å². The van der Waals surface area contributed by atoms with E-state index < -0.39 is 0 Å².